The lowest BCUT2D eigenvalue weighted by molar-refractivity contribution is 0.317. The third-order valence-corrected chi connectivity index (χ3v) is 3.19. The summed E-state index contributed by atoms with van der Waals surface area (Å²) in [5.74, 6) is 0.591. The highest BCUT2D eigenvalue weighted by atomic mass is 35.5. The second-order valence-electron chi connectivity index (χ2n) is 4.56. The Hall–Kier alpha value is -0.600. The van der Waals surface area contributed by atoms with Crippen LogP contribution in [0, 0.1) is 12.7 Å². The molecule has 0 heterocycles. The molecule has 1 aromatic rings. The normalized spacial score (nSPS) is 11.1. The van der Waals surface area contributed by atoms with Crippen molar-refractivity contribution in [2.75, 3.05) is 19.5 Å². The monoisotopic (exact) mass is 257 g/mol. The van der Waals surface area contributed by atoms with Crippen molar-refractivity contribution in [3.63, 3.8) is 0 Å². The molecule has 0 aliphatic heterocycles. The molecule has 3 heteroatoms. The molecule has 0 spiro atoms. The lowest BCUT2D eigenvalue weighted by atomic mass is 10.1. The fraction of sp³-hybridized carbons (Fsp3) is 0.571. The van der Waals surface area contributed by atoms with E-state index in [9.17, 15) is 4.39 Å². The summed E-state index contributed by atoms with van der Waals surface area (Å²) in [6, 6.07) is 4.98. The van der Waals surface area contributed by atoms with E-state index in [0.717, 1.165) is 49.4 Å². The first-order chi connectivity index (χ1) is 8.13. The third-order valence-electron chi connectivity index (χ3n) is 2.92. The van der Waals surface area contributed by atoms with Crippen molar-refractivity contribution in [1.29, 1.82) is 0 Å². The summed E-state index contributed by atoms with van der Waals surface area (Å²) in [6.07, 6.45) is 3.39. The number of aryl methyl sites for hydroxylation is 1. The Labute approximate surface area is 109 Å². The number of hydrogen-bond acceptors (Lipinski definition) is 1. The molecule has 1 nitrogen and oxygen atoms in total. The summed E-state index contributed by atoms with van der Waals surface area (Å²) < 4.78 is 13.1. The molecule has 0 bridgehead atoms. The standard InChI is InChI=1S/C14H21ClFN/c1-12-6-7-14(16)10-13(12)11-17(2)9-5-3-4-8-15/h6-7,10H,3-5,8-9,11H2,1-2H3. The summed E-state index contributed by atoms with van der Waals surface area (Å²) in [5.41, 5.74) is 2.23. The smallest absolute Gasteiger partial charge is 0.123 e. The molecule has 96 valence electrons. The van der Waals surface area contributed by atoms with Gasteiger partial charge in [0, 0.05) is 12.4 Å². The van der Waals surface area contributed by atoms with Crippen LogP contribution in [0.25, 0.3) is 0 Å². The van der Waals surface area contributed by atoms with Crippen LogP contribution in [0.4, 0.5) is 4.39 Å². The van der Waals surface area contributed by atoms with E-state index >= 15 is 0 Å². The zero-order valence-corrected chi connectivity index (χ0v) is 11.4. The summed E-state index contributed by atoms with van der Waals surface area (Å²) in [4.78, 5) is 2.23. The highest BCUT2D eigenvalue weighted by Gasteiger charge is 2.04. The highest BCUT2D eigenvalue weighted by molar-refractivity contribution is 6.17. The Morgan fingerprint density at radius 3 is 2.71 bits per heavy atom. The molecule has 17 heavy (non-hydrogen) atoms. The Morgan fingerprint density at radius 2 is 2.00 bits per heavy atom. The number of hydrogen-bond donors (Lipinski definition) is 0. The summed E-state index contributed by atoms with van der Waals surface area (Å²) >= 11 is 5.63. The zero-order valence-electron chi connectivity index (χ0n) is 10.7. The molecular weight excluding hydrogens is 237 g/mol. The number of halogens is 2. The van der Waals surface area contributed by atoms with Gasteiger partial charge in [0.1, 0.15) is 5.82 Å². The molecule has 0 aliphatic rings. The van der Waals surface area contributed by atoms with Crippen molar-refractivity contribution < 1.29 is 4.39 Å². The van der Waals surface area contributed by atoms with Gasteiger partial charge in [0.25, 0.3) is 0 Å². The number of rotatable bonds is 7. The van der Waals surface area contributed by atoms with Gasteiger partial charge in [-0.1, -0.05) is 12.5 Å². The first-order valence-electron chi connectivity index (χ1n) is 6.13. The van der Waals surface area contributed by atoms with Gasteiger partial charge in [-0.25, -0.2) is 4.39 Å². The van der Waals surface area contributed by atoms with E-state index in [2.05, 4.69) is 11.9 Å². The van der Waals surface area contributed by atoms with Crippen LogP contribution in [0.1, 0.15) is 30.4 Å². The Morgan fingerprint density at radius 1 is 1.24 bits per heavy atom. The second-order valence-corrected chi connectivity index (χ2v) is 4.94. The van der Waals surface area contributed by atoms with Crippen molar-refractivity contribution in [3.8, 4) is 0 Å². The Kier molecular flexibility index (Phi) is 6.53. The average Bonchev–Trinajstić information content (AvgIpc) is 2.29. The summed E-state index contributed by atoms with van der Waals surface area (Å²) in [7, 11) is 2.07. The molecule has 0 radical (unpaired) electrons. The fourth-order valence-corrected chi connectivity index (χ4v) is 2.02. The molecule has 1 aromatic carbocycles. The van der Waals surface area contributed by atoms with Gasteiger partial charge in [0.05, 0.1) is 0 Å². The molecule has 0 aromatic heterocycles. The molecule has 0 aliphatic carbocycles. The SMILES string of the molecule is Cc1ccc(F)cc1CN(C)CCCCCCl. The first-order valence-corrected chi connectivity index (χ1v) is 6.66. The fourth-order valence-electron chi connectivity index (χ4n) is 1.83. The van der Waals surface area contributed by atoms with Crippen molar-refractivity contribution in [2.24, 2.45) is 0 Å². The van der Waals surface area contributed by atoms with Crippen LogP contribution in [-0.2, 0) is 6.54 Å². The van der Waals surface area contributed by atoms with Crippen LogP contribution in [0.3, 0.4) is 0 Å². The predicted molar refractivity (Wildman–Crippen MR) is 72.0 cm³/mol. The number of unbranched alkanes of at least 4 members (excludes halogenated alkanes) is 2. The summed E-state index contributed by atoms with van der Waals surface area (Å²) in [5, 5.41) is 0. The minimum Gasteiger partial charge on any atom is -0.302 e. The van der Waals surface area contributed by atoms with Crippen molar-refractivity contribution in [2.45, 2.75) is 32.7 Å². The maximum Gasteiger partial charge on any atom is 0.123 e. The topological polar surface area (TPSA) is 3.24 Å². The lowest BCUT2D eigenvalue weighted by Crippen LogP contribution is -2.19. The predicted octanol–water partition coefficient (Wildman–Crippen LogP) is 3.98. The molecular formula is C14H21ClFN. The van der Waals surface area contributed by atoms with Gasteiger partial charge in [0.2, 0.25) is 0 Å². The largest absolute Gasteiger partial charge is 0.302 e. The quantitative estimate of drug-likeness (QED) is 0.528. The van der Waals surface area contributed by atoms with Crippen molar-refractivity contribution in [3.05, 3.63) is 35.1 Å². The lowest BCUT2D eigenvalue weighted by Gasteiger charge is -2.17. The van der Waals surface area contributed by atoms with Crippen molar-refractivity contribution >= 4 is 11.6 Å². The van der Waals surface area contributed by atoms with Gasteiger partial charge < -0.3 is 4.90 Å². The van der Waals surface area contributed by atoms with Gasteiger partial charge >= 0.3 is 0 Å². The van der Waals surface area contributed by atoms with Crippen molar-refractivity contribution in [1.82, 2.24) is 4.90 Å². The number of benzene rings is 1. The van der Waals surface area contributed by atoms with Crippen LogP contribution in [-0.4, -0.2) is 24.4 Å². The summed E-state index contributed by atoms with van der Waals surface area (Å²) in [6.45, 7) is 3.87. The second kappa shape index (κ2) is 7.67. The number of alkyl halides is 1. The molecule has 0 N–H and O–H groups in total. The van der Waals surface area contributed by atoms with E-state index in [4.69, 9.17) is 11.6 Å². The van der Waals surface area contributed by atoms with E-state index < -0.39 is 0 Å². The van der Waals surface area contributed by atoms with Crippen LogP contribution < -0.4 is 0 Å². The molecule has 1 rings (SSSR count). The van der Waals surface area contributed by atoms with Crippen LogP contribution in [0.2, 0.25) is 0 Å². The highest BCUT2D eigenvalue weighted by Crippen LogP contribution is 2.12. The molecule has 0 saturated carbocycles. The minimum atomic E-state index is -0.152. The maximum absolute atomic E-state index is 13.1. The Balaban J connectivity index is 2.39. The van der Waals surface area contributed by atoms with Crippen LogP contribution >= 0.6 is 11.6 Å². The van der Waals surface area contributed by atoms with Gasteiger partial charge in [-0.05, 0) is 56.6 Å². The average molecular weight is 258 g/mol. The molecule has 0 unspecified atom stereocenters. The van der Waals surface area contributed by atoms with E-state index in [0.29, 0.717) is 0 Å². The van der Waals surface area contributed by atoms with Gasteiger partial charge in [0.15, 0.2) is 0 Å². The molecule has 0 fully saturated rings. The van der Waals surface area contributed by atoms with Gasteiger partial charge in [-0.2, -0.15) is 0 Å². The Bertz CT molecular complexity index is 341. The molecule has 0 saturated heterocycles. The first kappa shape index (κ1) is 14.5. The maximum atomic E-state index is 13.1. The van der Waals surface area contributed by atoms with Gasteiger partial charge in [-0.3, -0.25) is 0 Å². The van der Waals surface area contributed by atoms with Crippen LogP contribution in [0.15, 0.2) is 18.2 Å². The number of nitrogens with zero attached hydrogens (tertiary/aromatic N) is 1. The third kappa shape index (κ3) is 5.51. The van der Waals surface area contributed by atoms with E-state index in [1.54, 1.807) is 6.07 Å². The molecule has 0 amide bonds. The van der Waals surface area contributed by atoms with Gasteiger partial charge in [-0.15, -0.1) is 11.6 Å². The van der Waals surface area contributed by atoms with E-state index in [1.165, 1.54) is 6.07 Å². The van der Waals surface area contributed by atoms with E-state index in [-0.39, 0.29) is 5.82 Å². The molecule has 0 atom stereocenters. The zero-order chi connectivity index (χ0) is 12.7. The van der Waals surface area contributed by atoms with E-state index in [1.807, 2.05) is 13.0 Å². The minimum absolute atomic E-state index is 0.152. The van der Waals surface area contributed by atoms with Crippen LogP contribution in [0.5, 0.6) is 0 Å².